The van der Waals surface area contributed by atoms with Gasteiger partial charge in [0.2, 0.25) is 0 Å². The van der Waals surface area contributed by atoms with Crippen molar-refractivity contribution in [1.29, 1.82) is 0 Å². The zero-order valence-corrected chi connectivity index (χ0v) is 23.9. The van der Waals surface area contributed by atoms with Crippen LogP contribution in [0.2, 0.25) is 0 Å². The van der Waals surface area contributed by atoms with E-state index in [2.05, 4.69) is 54.5 Å². The van der Waals surface area contributed by atoms with Crippen molar-refractivity contribution >= 4 is 5.97 Å². The summed E-state index contributed by atoms with van der Waals surface area (Å²) in [5, 5.41) is 10.4. The van der Waals surface area contributed by atoms with Gasteiger partial charge in [0.05, 0.1) is 0 Å². The van der Waals surface area contributed by atoms with Crippen molar-refractivity contribution in [3.05, 3.63) is 22.8 Å². The van der Waals surface area contributed by atoms with Crippen LogP contribution in [0.1, 0.15) is 120 Å². The van der Waals surface area contributed by atoms with Gasteiger partial charge in [-0.15, -0.1) is 0 Å². The van der Waals surface area contributed by atoms with Gasteiger partial charge in [0, 0.05) is 18.9 Å². The topological polar surface area (TPSA) is 46.5 Å². The summed E-state index contributed by atoms with van der Waals surface area (Å²) < 4.78 is 5.86. The highest BCUT2D eigenvalue weighted by Gasteiger charge is 2.63. The average Bonchev–Trinajstić information content (AvgIpc) is 3.04. The van der Waals surface area contributed by atoms with Crippen LogP contribution in [0.25, 0.3) is 0 Å². The van der Waals surface area contributed by atoms with Gasteiger partial charge in [0.1, 0.15) is 6.10 Å². The van der Waals surface area contributed by atoms with Gasteiger partial charge in [-0.3, -0.25) is 4.79 Å². The number of hydrogen-bond donors (Lipinski definition) is 1. The summed E-state index contributed by atoms with van der Waals surface area (Å²) in [7, 11) is 0. The Morgan fingerprint density at radius 2 is 1.71 bits per heavy atom. The number of ether oxygens (including phenoxy) is 1. The molecule has 0 spiro atoms. The fourth-order valence-corrected chi connectivity index (χ4v) is 9.88. The first-order valence-electron chi connectivity index (χ1n) is 14.5. The molecule has 4 rings (SSSR count). The number of allylic oxidation sites excluding steroid dienone is 4. The van der Waals surface area contributed by atoms with E-state index in [1.165, 1.54) is 44.1 Å². The van der Waals surface area contributed by atoms with Crippen molar-refractivity contribution in [2.45, 2.75) is 126 Å². The number of rotatable bonds is 6. The molecule has 0 bridgehead atoms. The van der Waals surface area contributed by atoms with Gasteiger partial charge in [-0.05, 0) is 112 Å². The zero-order valence-electron chi connectivity index (χ0n) is 23.9. The minimum Gasteiger partial charge on any atom is -0.462 e. The Bertz CT molecular complexity index is 892. The lowest BCUT2D eigenvalue weighted by molar-refractivity contribution is -0.167. The average molecular weight is 485 g/mol. The molecular weight excluding hydrogens is 432 g/mol. The molecule has 2 saturated carbocycles. The zero-order chi connectivity index (χ0) is 25.8. The van der Waals surface area contributed by atoms with Crippen molar-refractivity contribution in [1.82, 2.24) is 0 Å². The van der Waals surface area contributed by atoms with Gasteiger partial charge < -0.3 is 9.84 Å². The molecule has 0 radical (unpaired) electrons. The molecule has 2 fully saturated rings. The first-order chi connectivity index (χ1) is 16.3. The van der Waals surface area contributed by atoms with Crippen molar-refractivity contribution in [3.63, 3.8) is 0 Å². The Labute approximate surface area is 215 Å². The molecule has 0 saturated heterocycles. The molecule has 0 aromatic rings. The molecule has 1 N–H and O–H groups in total. The minimum atomic E-state index is -0.136. The van der Waals surface area contributed by atoms with E-state index < -0.39 is 0 Å². The lowest BCUT2D eigenvalue weighted by Gasteiger charge is -2.62. The summed E-state index contributed by atoms with van der Waals surface area (Å²) in [6, 6.07) is 0. The standard InChI is InChI=1S/C32H52O3/c1-21(2)10-9-11-23(20-33)24-14-18-32(8)26-12-13-27-29(4,5)28(35-22(3)34)16-17-30(27,6)25(26)15-19-31(24,32)7/h10,23-24,27-28,33H,9,11-20H2,1-8H3. The Kier molecular flexibility index (Phi) is 7.19. The van der Waals surface area contributed by atoms with Gasteiger partial charge in [-0.1, -0.05) is 57.4 Å². The number of carbonyl (C=O) groups excluding carboxylic acids is 1. The molecule has 35 heavy (non-hydrogen) atoms. The Balaban J connectivity index is 1.64. The lowest BCUT2D eigenvalue weighted by Crippen LogP contribution is -2.55. The molecule has 0 aromatic heterocycles. The number of aliphatic hydroxyl groups is 1. The molecule has 4 aliphatic carbocycles. The van der Waals surface area contributed by atoms with E-state index in [1.54, 1.807) is 18.1 Å². The first kappa shape index (κ1) is 27.0. The maximum Gasteiger partial charge on any atom is 0.302 e. The normalized spacial score (nSPS) is 40.9. The van der Waals surface area contributed by atoms with Crippen LogP contribution in [-0.2, 0) is 9.53 Å². The van der Waals surface area contributed by atoms with Crippen LogP contribution in [0, 0.1) is 39.4 Å². The van der Waals surface area contributed by atoms with Crippen LogP contribution in [0.5, 0.6) is 0 Å². The van der Waals surface area contributed by atoms with E-state index in [0.717, 1.165) is 25.7 Å². The number of fused-ring (bicyclic) bond motifs is 4. The molecule has 0 aliphatic heterocycles. The summed E-state index contributed by atoms with van der Waals surface area (Å²) in [5.74, 6) is 1.44. The molecule has 7 atom stereocenters. The van der Waals surface area contributed by atoms with Crippen molar-refractivity contribution in [3.8, 4) is 0 Å². The van der Waals surface area contributed by atoms with Crippen molar-refractivity contribution < 1.29 is 14.6 Å². The maximum atomic E-state index is 11.8. The quantitative estimate of drug-likeness (QED) is 0.307. The van der Waals surface area contributed by atoms with Crippen LogP contribution in [-0.4, -0.2) is 23.8 Å². The Hall–Kier alpha value is -1.09. The molecule has 3 heteroatoms. The smallest absolute Gasteiger partial charge is 0.302 e. The number of hydrogen-bond acceptors (Lipinski definition) is 3. The number of aliphatic hydroxyl groups excluding tert-OH is 1. The van der Waals surface area contributed by atoms with Gasteiger partial charge in [0.25, 0.3) is 0 Å². The van der Waals surface area contributed by atoms with Crippen LogP contribution < -0.4 is 0 Å². The van der Waals surface area contributed by atoms with Gasteiger partial charge in [0.15, 0.2) is 0 Å². The summed E-state index contributed by atoms with van der Waals surface area (Å²) in [6.07, 6.45) is 14.1. The van der Waals surface area contributed by atoms with Gasteiger partial charge >= 0.3 is 5.97 Å². The van der Waals surface area contributed by atoms with E-state index in [1.807, 2.05) is 0 Å². The first-order valence-corrected chi connectivity index (χ1v) is 14.5. The second-order valence-corrected chi connectivity index (χ2v) is 14.1. The Morgan fingerprint density at radius 3 is 2.34 bits per heavy atom. The monoisotopic (exact) mass is 484 g/mol. The van der Waals surface area contributed by atoms with Crippen LogP contribution >= 0.6 is 0 Å². The predicted octanol–water partition coefficient (Wildman–Crippen LogP) is 8.02. The van der Waals surface area contributed by atoms with E-state index in [-0.39, 0.29) is 33.7 Å². The lowest BCUT2D eigenvalue weighted by atomic mass is 9.43. The van der Waals surface area contributed by atoms with Crippen LogP contribution in [0.15, 0.2) is 22.8 Å². The Morgan fingerprint density at radius 1 is 1.00 bits per heavy atom. The van der Waals surface area contributed by atoms with Gasteiger partial charge in [-0.2, -0.15) is 0 Å². The SMILES string of the molecule is CC(=O)OC1CCC2(C)C3=C(CCC2C1(C)C)C1(C)CCC(C(CO)CCC=C(C)C)C1(C)CC3. The molecule has 0 heterocycles. The number of carbonyl (C=O) groups is 1. The second-order valence-electron chi connectivity index (χ2n) is 14.1. The third-order valence-corrected chi connectivity index (χ3v) is 12.0. The fraction of sp³-hybridized carbons (Fsp3) is 0.844. The molecule has 4 aliphatic rings. The number of esters is 1. The van der Waals surface area contributed by atoms with Crippen molar-refractivity contribution in [2.75, 3.05) is 6.61 Å². The third kappa shape index (κ3) is 4.16. The summed E-state index contributed by atoms with van der Waals surface area (Å²) >= 11 is 0. The molecule has 0 amide bonds. The summed E-state index contributed by atoms with van der Waals surface area (Å²) in [5.41, 5.74) is 5.69. The molecule has 7 unspecified atom stereocenters. The van der Waals surface area contributed by atoms with E-state index >= 15 is 0 Å². The highest BCUT2D eigenvalue weighted by molar-refractivity contribution is 5.66. The van der Waals surface area contributed by atoms with Crippen molar-refractivity contribution in [2.24, 2.45) is 39.4 Å². The molecule has 3 nitrogen and oxygen atoms in total. The third-order valence-electron chi connectivity index (χ3n) is 12.0. The molecule has 0 aromatic carbocycles. The van der Waals surface area contributed by atoms with Crippen LogP contribution in [0.3, 0.4) is 0 Å². The van der Waals surface area contributed by atoms with E-state index in [0.29, 0.717) is 24.4 Å². The summed E-state index contributed by atoms with van der Waals surface area (Å²) in [6.45, 7) is 18.7. The van der Waals surface area contributed by atoms with E-state index in [9.17, 15) is 9.90 Å². The summed E-state index contributed by atoms with van der Waals surface area (Å²) in [4.78, 5) is 11.8. The highest BCUT2D eigenvalue weighted by atomic mass is 16.5. The molecular formula is C32H52O3. The predicted molar refractivity (Wildman–Crippen MR) is 144 cm³/mol. The van der Waals surface area contributed by atoms with E-state index in [4.69, 9.17) is 4.74 Å². The minimum absolute atomic E-state index is 0.00395. The maximum absolute atomic E-state index is 11.8. The highest BCUT2D eigenvalue weighted by Crippen LogP contribution is 2.72. The second kappa shape index (κ2) is 9.34. The fourth-order valence-electron chi connectivity index (χ4n) is 9.88. The van der Waals surface area contributed by atoms with Crippen LogP contribution in [0.4, 0.5) is 0 Å². The molecule has 198 valence electrons. The van der Waals surface area contributed by atoms with Gasteiger partial charge in [-0.25, -0.2) is 0 Å². The largest absolute Gasteiger partial charge is 0.462 e.